The molecule has 0 unspecified atom stereocenters. The molecular formula is C13H27N3OP+. The van der Waals surface area contributed by atoms with Gasteiger partial charge in [-0.15, -0.1) is 14.0 Å². The topological polar surface area (TPSA) is 19.0 Å². The molecule has 0 saturated carbocycles. The van der Waals surface area contributed by atoms with Gasteiger partial charge < -0.3 is 0 Å². The van der Waals surface area contributed by atoms with Crippen LogP contribution < -0.4 is 0 Å². The van der Waals surface area contributed by atoms with Crippen LogP contribution in [0.1, 0.15) is 38.5 Å². The van der Waals surface area contributed by atoms with Gasteiger partial charge in [-0.25, -0.2) is 0 Å². The van der Waals surface area contributed by atoms with Crippen molar-refractivity contribution in [2.45, 2.75) is 38.5 Å². The lowest BCUT2D eigenvalue weighted by Crippen LogP contribution is -2.43. The van der Waals surface area contributed by atoms with E-state index < -0.39 is 7.94 Å². The highest BCUT2D eigenvalue weighted by Gasteiger charge is 2.60. The molecule has 0 amide bonds. The number of hydrogen-bond acceptors (Lipinski definition) is 4. The Hall–Kier alpha value is 0.270. The van der Waals surface area contributed by atoms with Crippen LogP contribution in [-0.2, 0) is 4.52 Å². The fourth-order valence-electron chi connectivity index (χ4n) is 3.77. The molecule has 0 bridgehead atoms. The van der Waals surface area contributed by atoms with Crippen LogP contribution in [0.4, 0.5) is 0 Å². The van der Waals surface area contributed by atoms with Gasteiger partial charge in [0, 0.05) is 39.3 Å². The molecule has 5 heteroatoms. The molecule has 0 aliphatic carbocycles. The SMILES string of the molecule is CO[P+](N1CCCC1)(N1CCCC1)N1CCCC1. The van der Waals surface area contributed by atoms with Crippen LogP contribution in [0.5, 0.6) is 0 Å². The molecule has 0 atom stereocenters. The van der Waals surface area contributed by atoms with Crippen LogP contribution >= 0.6 is 7.94 Å². The maximum Gasteiger partial charge on any atom is 0.370 e. The first-order valence-electron chi connectivity index (χ1n) is 7.59. The predicted octanol–water partition coefficient (Wildman–Crippen LogP) is 2.60. The lowest BCUT2D eigenvalue weighted by molar-refractivity contribution is 0.248. The average Bonchev–Trinajstić information content (AvgIpc) is 3.16. The molecule has 0 aromatic heterocycles. The molecule has 3 fully saturated rings. The number of nitrogens with zero attached hydrogens (tertiary/aromatic N) is 3. The third-order valence-electron chi connectivity index (χ3n) is 4.60. The van der Waals surface area contributed by atoms with E-state index in [1.54, 1.807) is 0 Å². The van der Waals surface area contributed by atoms with Crippen LogP contribution in [0.15, 0.2) is 0 Å². The summed E-state index contributed by atoms with van der Waals surface area (Å²) >= 11 is 0. The maximum atomic E-state index is 6.28. The van der Waals surface area contributed by atoms with Crippen molar-refractivity contribution >= 4 is 7.94 Å². The van der Waals surface area contributed by atoms with Crippen molar-refractivity contribution in [2.24, 2.45) is 0 Å². The molecule has 0 aromatic rings. The lowest BCUT2D eigenvalue weighted by Gasteiger charge is -2.40. The van der Waals surface area contributed by atoms with E-state index in [4.69, 9.17) is 4.52 Å². The molecule has 4 nitrogen and oxygen atoms in total. The van der Waals surface area contributed by atoms with Gasteiger partial charge in [-0.05, 0) is 38.5 Å². The highest BCUT2D eigenvalue weighted by Crippen LogP contribution is 2.70. The van der Waals surface area contributed by atoms with Gasteiger partial charge in [0.1, 0.15) is 0 Å². The minimum atomic E-state index is -1.62. The van der Waals surface area contributed by atoms with E-state index in [1.807, 2.05) is 7.11 Å². The van der Waals surface area contributed by atoms with Crippen molar-refractivity contribution in [3.8, 4) is 0 Å². The Morgan fingerprint density at radius 1 is 0.611 bits per heavy atom. The van der Waals surface area contributed by atoms with Gasteiger partial charge in [0.15, 0.2) is 0 Å². The Bertz CT molecular complexity index is 231. The molecule has 104 valence electrons. The molecule has 0 spiro atoms. The Kier molecular flexibility index (Phi) is 4.21. The van der Waals surface area contributed by atoms with Crippen LogP contribution in [-0.4, -0.2) is 60.4 Å². The summed E-state index contributed by atoms with van der Waals surface area (Å²) in [6.07, 6.45) is 8.12. The van der Waals surface area contributed by atoms with Crippen molar-refractivity contribution in [3.05, 3.63) is 0 Å². The third-order valence-corrected chi connectivity index (χ3v) is 8.50. The molecule has 0 N–H and O–H groups in total. The van der Waals surface area contributed by atoms with E-state index in [0.717, 1.165) is 0 Å². The monoisotopic (exact) mass is 272 g/mol. The summed E-state index contributed by atoms with van der Waals surface area (Å²) in [4.78, 5) is 0. The number of hydrogen-bond donors (Lipinski definition) is 0. The summed E-state index contributed by atoms with van der Waals surface area (Å²) in [5, 5.41) is 0. The molecule has 3 aliphatic rings. The van der Waals surface area contributed by atoms with Crippen molar-refractivity contribution in [1.29, 1.82) is 0 Å². The molecular weight excluding hydrogens is 245 g/mol. The predicted molar refractivity (Wildman–Crippen MR) is 76.4 cm³/mol. The second-order valence-corrected chi connectivity index (χ2v) is 8.77. The maximum absolute atomic E-state index is 6.28. The van der Waals surface area contributed by atoms with E-state index in [9.17, 15) is 0 Å². The van der Waals surface area contributed by atoms with Crippen LogP contribution in [0.2, 0.25) is 0 Å². The molecule has 0 radical (unpaired) electrons. The largest absolute Gasteiger partial charge is 0.370 e. The van der Waals surface area contributed by atoms with Gasteiger partial charge in [-0.3, -0.25) is 0 Å². The van der Waals surface area contributed by atoms with Gasteiger partial charge >= 0.3 is 7.94 Å². The minimum Gasteiger partial charge on any atom is -0.185 e. The van der Waals surface area contributed by atoms with Crippen molar-refractivity contribution in [2.75, 3.05) is 46.4 Å². The number of rotatable bonds is 4. The fraction of sp³-hybridized carbons (Fsp3) is 1.00. The van der Waals surface area contributed by atoms with Crippen molar-refractivity contribution in [3.63, 3.8) is 0 Å². The summed E-state index contributed by atoms with van der Waals surface area (Å²) in [6.45, 7) is 7.47. The van der Waals surface area contributed by atoms with Gasteiger partial charge in [-0.2, -0.15) is 4.52 Å². The van der Waals surface area contributed by atoms with Gasteiger partial charge in [-0.1, -0.05) is 0 Å². The lowest BCUT2D eigenvalue weighted by atomic mass is 10.4. The first kappa shape index (κ1) is 13.3. The standard InChI is InChI=1S/C13H27N3OP/c1-17-18(14-8-2-3-9-14,15-10-4-5-11-15)16-12-6-7-13-16/h2-13H2,1H3/q+1. The normalized spacial score (nSPS) is 28.5. The minimum absolute atomic E-state index is 1.24. The summed E-state index contributed by atoms with van der Waals surface area (Å²) in [6, 6.07) is 0. The van der Waals surface area contributed by atoms with E-state index >= 15 is 0 Å². The Morgan fingerprint density at radius 2 is 0.889 bits per heavy atom. The Labute approximate surface area is 112 Å². The zero-order valence-corrected chi connectivity index (χ0v) is 12.6. The summed E-state index contributed by atoms with van der Waals surface area (Å²) in [5.41, 5.74) is 0. The molecule has 3 rings (SSSR count). The average molecular weight is 272 g/mol. The Balaban J connectivity index is 1.87. The Morgan fingerprint density at radius 3 is 1.11 bits per heavy atom. The quantitative estimate of drug-likeness (QED) is 0.732. The first-order valence-corrected chi connectivity index (χ1v) is 9.15. The van der Waals surface area contributed by atoms with Gasteiger partial charge in [0.2, 0.25) is 0 Å². The van der Waals surface area contributed by atoms with Crippen LogP contribution in [0, 0.1) is 0 Å². The van der Waals surface area contributed by atoms with E-state index in [2.05, 4.69) is 14.0 Å². The molecule has 0 aromatic carbocycles. The first-order chi connectivity index (χ1) is 8.88. The van der Waals surface area contributed by atoms with Gasteiger partial charge in [0.25, 0.3) is 0 Å². The third kappa shape index (κ3) is 2.12. The van der Waals surface area contributed by atoms with Crippen LogP contribution in [0.25, 0.3) is 0 Å². The summed E-state index contributed by atoms with van der Waals surface area (Å²) in [5.74, 6) is 0. The fourth-order valence-corrected chi connectivity index (χ4v) is 7.94. The molecule has 3 aliphatic heterocycles. The second-order valence-electron chi connectivity index (χ2n) is 5.68. The highest BCUT2D eigenvalue weighted by molar-refractivity contribution is 7.64. The van der Waals surface area contributed by atoms with Crippen molar-refractivity contribution in [1.82, 2.24) is 14.0 Å². The zero-order chi connectivity index (χ0) is 12.4. The summed E-state index contributed by atoms with van der Waals surface area (Å²) in [7, 11) is 0.341. The summed E-state index contributed by atoms with van der Waals surface area (Å²) < 4.78 is 14.4. The molecule has 18 heavy (non-hydrogen) atoms. The van der Waals surface area contributed by atoms with Crippen LogP contribution in [0.3, 0.4) is 0 Å². The van der Waals surface area contributed by atoms with E-state index in [1.165, 1.54) is 77.8 Å². The highest BCUT2D eigenvalue weighted by atomic mass is 31.2. The molecule has 3 heterocycles. The molecule has 3 saturated heterocycles. The second kappa shape index (κ2) is 5.72. The van der Waals surface area contributed by atoms with E-state index in [0.29, 0.717) is 0 Å². The van der Waals surface area contributed by atoms with Crippen molar-refractivity contribution < 1.29 is 4.52 Å². The van der Waals surface area contributed by atoms with E-state index in [-0.39, 0.29) is 0 Å². The van der Waals surface area contributed by atoms with Gasteiger partial charge in [0.05, 0.1) is 7.11 Å². The smallest absolute Gasteiger partial charge is 0.185 e. The zero-order valence-electron chi connectivity index (χ0n) is 11.7.